The first kappa shape index (κ1) is 12.4. The molecule has 16 heavy (non-hydrogen) atoms. The predicted molar refractivity (Wildman–Crippen MR) is 69.7 cm³/mol. The molecule has 1 saturated heterocycles. The predicted octanol–water partition coefficient (Wildman–Crippen LogP) is 2.78. The molecule has 0 spiro atoms. The van der Waals surface area contributed by atoms with Crippen molar-refractivity contribution < 1.29 is 0 Å². The van der Waals surface area contributed by atoms with Gasteiger partial charge in [-0.1, -0.05) is 19.8 Å². The van der Waals surface area contributed by atoms with Crippen LogP contribution in [0.4, 0.5) is 0 Å². The van der Waals surface area contributed by atoms with E-state index in [0.717, 1.165) is 12.1 Å². The summed E-state index contributed by atoms with van der Waals surface area (Å²) in [6.07, 6.45) is 8.29. The molecular weight excluding hydrogens is 196 g/mol. The maximum absolute atomic E-state index is 3.94. The molecule has 0 aromatic heterocycles. The average Bonchev–Trinajstić information content (AvgIpc) is 2.65. The number of hydrogen-bond acceptors (Lipinski definition) is 2. The van der Waals surface area contributed by atoms with Crippen LogP contribution in [0.2, 0.25) is 0 Å². The molecule has 2 atom stereocenters. The monoisotopic (exact) mass is 224 g/mol. The molecule has 2 nitrogen and oxygen atoms in total. The summed E-state index contributed by atoms with van der Waals surface area (Å²) in [5, 5.41) is 3.94. The van der Waals surface area contributed by atoms with Crippen molar-refractivity contribution >= 4 is 0 Å². The molecule has 1 aliphatic carbocycles. The number of nitrogens with zero attached hydrogens (tertiary/aromatic N) is 1. The second-order valence-corrected chi connectivity index (χ2v) is 6.11. The third kappa shape index (κ3) is 2.78. The first-order valence-corrected chi connectivity index (χ1v) is 7.15. The molecule has 2 rings (SSSR count). The van der Waals surface area contributed by atoms with Crippen molar-refractivity contribution in [3.05, 3.63) is 0 Å². The zero-order chi connectivity index (χ0) is 11.6. The molecule has 2 fully saturated rings. The Bertz CT molecular complexity index is 221. The maximum atomic E-state index is 3.94. The van der Waals surface area contributed by atoms with E-state index in [0.29, 0.717) is 5.54 Å². The first-order chi connectivity index (χ1) is 7.63. The van der Waals surface area contributed by atoms with E-state index < -0.39 is 0 Å². The zero-order valence-electron chi connectivity index (χ0n) is 11.3. The van der Waals surface area contributed by atoms with Gasteiger partial charge in [-0.15, -0.1) is 0 Å². The van der Waals surface area contributed by atoms with E-state index in [1.807, 2.05) is 0 Å². The van der Waals surface area contributed by atoms with Crippen LogP contribution in [0.15, 0.2) is 0 Å². The van der Waals surface area contributed by atoms with Crippen molar-refractivity contribution in [2.24, 2.45) is 0 Å². The molecule has 1 saturated carbocycles. The molecule has 0 aromatic carbocycles. The van der Waals surface area contributed by atoms with Crippen LogP contribution in [0.3, 0.4) is 0 Å². The lowest BCUT2D eigenvalue weighted by Gasteiger charge is -2.41. The highest BCUT2D eigenvalue weighted by Gasteiger charge is 2.33. The highest BCUT2D eigenvalue weighted by atomic mass is 15.2. The largest absolute Gasteiger partial charge is 0.309 e. The summed E-state index contributed by atoms with van der Waals surface area (Å²) in [4.78, 5) is 2.61. The van der Waals surface area contributed by atoms with E-state index in [4.69, 9.17) is 0 Å². The van der Waals surface area contributed by atoms with Crippen molar-refractivity contribution in [1.29, 1.82) is 0 Å². The molecule has 0 aromatic rings. The lowest BCUT2D eigenvalue weighted by molar-refractivity contribution is 0.127. The van der Waals surface area contributed by atoms with Crippen molar-refractivity contribution in [3.8, 4) is 0 Å². The molecule has 2 heteroatoms. The van der Waals surface area contributed by atoms with Gasteiger partial charge in [-0.05, 0) is 52.6 Å². The molecule has 0 radical (unpaired) electrons. The van der Waals surface area contributed by atoms with Crippen LogP contribution in [0.25, 0.3) is 0 Å². The van der Waals surface area contributed by atoms with Gasteiger partial charge >= 0.3 is 0 Å². The topological polar surface area (TPSA) is 15.3 Å². The van der Waals surface area contributed by atoms with E-state index in [1.54, 1.807) is 0 Å². The summed E-state index contributed by atoms with van der Waals surface area (Å²) < 4.78 is 0. The van der Waals surface area contributed by atoms with Crippen LogP contribution in [0, 0.1) is 0 Å². The van der Waals surface area contributed by atoms with Crippen LogP contribution >= 0.6 is 0 Å². The zero-order valence-corrected chi connectivity index (χ0v) is 11.3. The number of hydrogen-bond donors (Lipinski definition) is 1. The van der Waals surface area contributed by atoms with Crippen LogP contribution in [-0.2, 0) is 0 Å². The van der Waals surface area contributed by atoms with Gasteiger partial charge in [-0.3, -0.25) is 0 Å². The van der Waals surface area contributed by atoms with Crippen LogP contribution in [-0.4, -0.2) is 35.6 Å². The lowest BCUT2D eigenvalue weighted by Crippen LogP contribution is -2.53. The minimum atomic E-state index is 0.457. The number of nitrogens with one attached hydrogen (secondary N) is 1. The third-order valence-corrected chi connectivity index (χ3v) is 4.68. The van der Waals surface area contributed by atoms with Gasteiger partial charge in [-0.2, -0.15) is 0 Å². The molecule has 94 valence electrons. The van der Waals surface area contributed by atoms with Gasteiger partial charge in [0, 0.05) is 17.6 Å². The minimum Gasteiger partial charge on any atom is -0.309 e. The Hall–Kier alpha value is -0.0800. The molecule has 0 amide bonds. The van der Waals surface area contributed by atoms with Gasteiger partial charge < -0.3 is 10.2 Å². The average molecular weight is 224 g/mol. The maximum Gasteiger partial charge on any atom is 0.0155 e. The molecular formula is C14H28N2. The SMILES string of the molecule is CCN1CCC(NC2(C)CCCC2)CC1C. The Kier molecular flexibility index (Phi) is 3.91. The second-order valence-electron chi connectivity index (χ2n) is 6.11. The number of piperidine rings is 1. The van der Waals surface area contributed by atoms with E-state index in [9.17, 15) is 0 Å². The smallest absolute Gasteiger partial charge is 0.0155 e. The lowest BCUT2D eigenvalue weighted by atomic mass is 9.93. The Balaban J connectivity index is 1.83. The molecule has 1 heterocycles. The van der Waals surface area contributed by atoms with Crippen LogP contribution in [0.1, 0.15) is 59.3 Å². The van der Waals surface area contributed by atoms with Crippen molar-refractivity contribution in [3.63, 3.8) is 0 Å². The standard InChI is InChI=1S/C14H28N2/c1-4-16-10-7-13(11-12(16)2)15-14(3)8-5-6-9-14/h12-13,15H,4-11H2,1-3H3. The molecule has 1 N–H and O–H groups in total. The Morgan fingerprint density at radius 2 is 2.00 bits per heavy atom. The van der Waals surface area contributed by atoms with E-state index in [1.165, 1.54) is 51.6 Å². The van der Waals surface area contributed by atoms with Crippen molar-refractivity contribution in [2.75, 3.05) is 13.1 Å². The van der Waals surface area contributed by atoms with E-state index in [-0.39, 0.29) is 0 Å². The Morgan fingerprint density at radius 3 is 2.56 bits per heavy atom. The summed E-state index contributed by atoms with van der Waals surface area (Å²) in [7, 11) is 0. The Morgan fingerprint density at radius 1 is 1.31 bits per heavy atom. The van der Waals surface area contributed by atoms with Gasteiger partial charge in [-0.25, -0.2) is 0 Å². The van der Waals surface area contributed by atoms with Gasteiger partial charge in [0.1, 0.15) is 0 Å². The van der Waals surface area contributed by atoms with Gasteiger partial charge in [0.25, 0.3) is 0 Å². The minimum absolute atomic E-state index is 0.457. The van der Waals surface area contributed by atoms with Gasteiger partial charge in [0.2, 0.25) is 0 Å². The van der Waals surface area contributed by atoms with E-state index in [2.05, 4.69) is 31.0 Å². The number of likely N-dealkylation sites (tertiary alicyclic amines) is 1. The highest BCUT2D eigenvalue weighted by molar-refractivity contribution is 4.93. The van der Waals surface area contributed by atoms with Gasteiger partial charge in [0.15, 0.2) is 0 Å². The van der Waals surface area contributed by atoms with Gasteiger partial charge in [0.05, 0.1) is 0 Å². The first-order valence-electron chi connectivity index (χ1n) is 7.15. The van der Waals surface area contributed by atoms with Crippen molar-refractivity contribution in [2.45, 2.75) is 76.9 Å². The van der Waals surface area contributed by atoms with Crippen LogP contribution in [0.5, 0.6) is 0 Å². The summed E-state index contributed by atoms with van der Waals surface area (Å²) in [5.74, 6) is 0. The molecule has 2 unspecified atom stereocenters. The third-order valence-electron chi connectivity index (χ3n) is 4.68. The molecule has 1 aliphatic heterocycles. The highest BCUT2D eigenvalue weighted by Crippen LogP contribution is 2.31. The van der Waals surface area contributed by atoms with E-state index >= 15 is 0 Å². The second kappa shape index (κ2) is 5.05. The fourth-order valence-corrected chi connectivity index (χ4v) is 3.61. The normalized spacial score (nSPS) is 35.4. The summed E-state index contributed by atoms with van der Waals surface area (Å²) >= 11 is 0. The quantitative estimate of drug-likeness (QED) is 0.793. The molecule has 0 bridgehead atoms. The fourth-order valence-electron chi connectivity index (χ4n) is 3.61. The fraction of sp³-hybridized carbons (Fsp3) is 1.00. The Labute approximate surface area is 101 Å². The van der Waals surface area contributed by atoms with Crippen LogP contribution < -0.4 is 5.32 Å². The summed E-state index contributed by atoms with van der Waals surface area (Å²) in [5.41, 5.74) is 0.457. The number of rotatable bonds is 3. The summed E-state index contributed by atoms with van der Waals surface area (Å²) in [6.45, 7) is 9.59. The summed E-state index contributed by atoms with van der Waals surface area (Å²) in [6, 6.07) is 1.53. The molecule has 2 aliphatic rings. The van der Waals surface area contributed by atoms with Crippen molar-refractivity contribution in [1.82, 2.24) is 10.2 Å².